The summed E-state index contributed by atoms with van der Waals surface area (Å²) in [6, 6.07) is 8.86. The summed E-state index contributed by atoms with van der Waals surface area (Å²) in [7, 11) is 0. The van der Waals surface area contributed by atoms with E-state index in [0.29, 0.717) is 18.6 Å². The second-order valence-electron chi connectivity index (χ2n) is 5.56. The molecule has 2 atom stereocenters. The fourth-order valence-electron chi connectivity index (χ4n) is 2.75. The molecule has 1 aliphatic rings. The van der Waals surface area contributed by atoms with Gasteiger partial charge in [-0.2, -0.15) is 0 Å². The van der Waals surface area contributed by atoms with E-state index in [1.54, 1.807) is 0 Å². The molecule has 0 aliphatic carbocycles. The Morgan fingerprint density at radius 1 is 1.43 bits per heavy atom. The quantitative estimate of drug-likeness (QED) is 0.746. The van der Waals surface area contributed by atoms with Crippen LogP contribution in [0.2, 0.25) is 0 Å². The maximum absolute atomic E-state index is 12.3. The molecule has 1 aromatic rings. The molecular weight excluding hydrogens is 377 g/mol. The first-order chi connectivity index (χ1) is 10.1. The molecule has 0 saturated carbocycles. The molecule has 2 N–H and O–H groups in total. The Hall–Kier alpha value is -0.660. The summed E-state index contributed by atoms with van der Waals surface area (Å²) in [5, 5.41) is 6.56. The van der Waals surface area contributed by atoms with Gasteiger partial charge in [0.2, 0.25) is 5.91 Å². The van der Waals surface area contributed by atoms with Crippen LogP contribution < -0.4 is 10.6 Å². The highest BCUT2D eigenvalue weighted by Gasteiger charge is 2.27. The number of nitrogens with one attached hydrogen (secondary N) is 2. The van der Waals surface area contributed by atoms with Crippen LogP contribution in [0.3, 0.4) is 0 Å². The minimum Gasteiger partial charge on any atom is -0.325 e. The summed E-state index contributed by atoms with van der Waals surface area (Å²) >= 11 is 2.25. The predicted molar refractivity (Wildman–Crippen MR) is 95.5 cm³/mol. The number of hydrogen-bond acceptors (Lipinski definition) is 3. The highest BCUT2D eigenvalue weighted by Crippen LogP contribution is 2.14. The van der Waals surface area contributed by atoms with E-state index in [0.717, 1.165) is 35.2 Å². The van der Waals surface area contributed by atoms with E-state index in [9.17, 15) is 4.79 Å². The molecule has 2 rings (SSSR count). The van der Waals surface area contributed by atoms with Crippen molar-refractivity contribution < 1.29 is 4.79 Å². The molecular formula is C16H24IN3O. The van der Waals surface area contributed by atoms with Crippen LogP contribution in [0.4, 0.5) is 5.69 Å². The van der Waals surface area contributed by atoms with Gasteiger partial charge in [0.05, 0.1) is 6.54 Å². The number of nitrogens with zero attached hydrogens (tertiary/aromatic N) is 1. The Morgan fingerprint density at radius 2 is 2.24 bits per heavy atom. The lowest BCUT2D eigenvalue weighted by Crippen LogP contribution is -2.57. The Labute approximate surface area is 140 Å². The van der Waals surface area contributed by atoms with Crippen molar-refractivity contribution >= 4 is 34.2 Å². The predicted octanol–water partition coefficient (Wildman–Crippen LogP) is 2.69. The zero-order chi connectivity index (χ0) is 15.2. The molecule has 1 amide bonds. The molecule has 1 aliphatic heterocycles. The standard InChI is InChI=1S/C16H24IN3O/c1-3-13-10-20(15(4-2)9-18-13)11-16(21)19-14-7-5-6-12(17)8-14/h5-8,13,15,18H,3-4,9-11H2,1-2H3,(H,19,21). The highest BCUT2D eigenvalue weighted by molar-refractivity contribution is 14.1. The van der Waals surface area contributed by atoms with Gasteiger partial charge in [0.25, 0.3) is 0 Å². The molecule has 0 bridgehead atoms. The Morgan fingerprint density at radius 3 is 2.90 bits per heavy atom. The second-order valence-corrected chi connectivity index (χ2v) is 6.81. The van der Waals surface area contributed by atoms with Gasteiger partial charge in [-0.05, 0) is 53.6 Å². The van der Waals surface area contributed by atoms with Crippen molar-refractivity contribution in [2.75, 3.05) is 25.0 Å². The molecule has 1 saturated heterocycles. The summed E-state index contributed by atoms with van der Waals surface area (Å²) in [6.07, 6.45) is 2.17. The topological polar surface area (TPSA) is 44.4 Å². The Bertz CT molecular complexity index is 480. The Kier molecular flexibility index (Phi) is 6.44. The van der Waals surface area contributed by atoms with Gasteiger partial charge in [0, 0.05) is 34.4 Å². The minimum absolute atomic E-state index is 0.0761. The van der Waals surface area contributed by atoms with Gasteiger partial charge >= 0.3 is 0 Å². The monoisotopic (exact) mass is 401 g/mol. The highest BCUT2D eigenvalue weighted by atomic mass is 127. The molecule has 116 valence electrons. The second kappa shape index (κ2) is 8.10. The molecule has 1 fully saturated rings. The lowest BCUT2D eigenvalue weighted by molar-refractivity contribution is -0.118. The van der Waals surface area contributed by atoms with Crippen LogP contribution in [0.1, 0.15) is 26.7 Å². The number of carbonyl (C=O) groups is 1. The van der Waals surface area contributed by atoms with Gasteiger partial charge < -0.3 is 10.6 Å². The summed E-state index contributed by atoms with van der Waals surface area (Å²) in [6.45, 7) is 6.78. The van der Waals surface area contributed by atoms with E-state index < -0.39 is 0 Å². The van der Waals surface area contributed by atoms with Crippen molar-refractivity contribution in [2.24, 2.45) is 0 Å². The first-order valence-corrected chi connectivity index (χ1v) is 8.73. The van der Waals surface area contributed by atoms with Gasteiger partial charge in [-0.3, -0.25) is 9.69 Å². The number of benzene rings is 1. The molecule has 2 unspecified atom stereocenters. The SMILES string of the molecule is CCC1CN(CC(=O)Nc2cccc(I)c2)C(CC)CN1. The van der Waals surface area contributed by atoms with Crippen molar-refractivity contribution in [1.29, 1.82) is 0 Å². The fourth-order valence-corrected chi connectivity index (χ4v) is 3.29. The number of halogens is 1. The summed E-state index contributed by atoms with van der Waals surface area (Å²) in [4.78, 5) is 14.6. The largest absolute Gasteiger partial charge is 0.325 e. The van der Waals surface area contributed by atoms with Gasteiger partial charge in [0.15, 0.2) is 0 Å². The molecule has 21 heavy (non-hydrogen) atoms. The first-order valence-electron chi connectivity index (χ1n) is 7.65. The van der Waals surface area contributed by atoms with Crippen molar-refractivity contribution in [2.45, 2.75) is 38.8 Å². The molecule has 1 heterocycles. The first kappa shape index (κ1) is 16.7. The summed E-state index contributed by atoms with van der Waals surface area (Å²) in [5.74, 6) is 0.0761. The van der Waals surface area contributed by atoms with Gasteiger partial charge in [-0.25, -0.2) is 0 Å². The number of hydrogen-bond donors (Lipinski definition) is 2. The Balaban J connectivity index is 1.93. The molecule has 0 radical (unpaired) electrons. The number of rotatable bonds is 5. The average Bonchev–Trinajstić information content (AvgIpc) is 2.47. The van der Waals surface area contributed by atoms with Crippen molar-refractivity contribution in [3.05, 3.63) is 27.8 Å². The van der Waals surface area contributed by atoms with Crippen molar-refractivity contribution in [3.8, 4) is 0 Å². The molecule has 5 heteroatoms. The normalized spacial score (nSPS) is 23.0. The maximum atomic E-state index is 12.3. The van der Waals surface area contributed by atoms with Crippen LogP contribution in [-0.2, 0) is 4.79 Å². The maximum Gasteiger partial charge on any atom is 0.238 e. The van der Waals surface area contributed by atoms with Gasteiger partial charge in [-0.15, -0.1) is 0 Å². The van der Waals surface area contributed by atoms with Gasteiger partial charge in [-0.1, -0.05) is 19.9 Å². The lowest BCUT2D eigenvalue weighted by Gasteiger charge is -2.39. The van der Waals surface area contributed by atoms with Crippen LogP contribution >= 0.6 is 22.6 Å². The van der Waals surface area contributed by atoms with Gasteiger partial charge in [0.1, 0.15) is 0 Å². The van der Waals surface area contributed by atoms with E-state index >= 15 is 0 Å². The number of anilines is 1. The third-order valence-electron chi connectivity index (χ3n) is 4.03. The average molecular weight is 401 g/mol. The zero-order valence-electron chi connectivity index (χ0n) is 12.7. The molecule has 1 aromatic carbocycles. The smallest absolute Gasteiger partial charge is 0.238 e. The zero-order valence-corrected chi connectivity index (χ0v) is 14.9. The van der Waals surface area contributed by atoms with E-state index in [4.69, 9.17) is 0 Å². The van der Waals surface area contributed by atoms with Crippen LogP contribution in [0.15, 0.2) is 24.3 Å². The van der Waals surface area contributed by atoms with E-state index in [2.05, 4.69) is 52.0 Å². The van der Waals surface area contributed by atoms with Crippen molar-refractivity contribution in [3.63, 3.8) is 0 Å². The third-order valence-corrected chi connectivity index (χ3v) is 4.70. The number of piperazine rings is 1. The van der Waals surface area contributed by atoms with Crippen LogP contribution in [0, 0.1) is 3.57 Å². The molecule has 0 spiro atoms. The van der Waals surface area contributed by atoms with Crippen LogP contribution in [-0.4, -0.2) is 42.5 Å². The number of carbonyl (C=O) groups excluding carboxylic acids is 1. The third kappa shape index (κ3) is 4.93. The van der Waals surface area contributed by atoms with Crippen LogP contribution in [0.25, 0.3) is 0 Å². The van der Waals surface area contributed by atoms with Crippen molar-refractivity contribution in [1.82, 2.24) is 10.2 Å². The van der Waals surface area contributed by atoms with E-state index in [1.807, 2.05) is 24.3 Å². The molecule has 0 aromatic heterocycles. The summed E-state index contributed by atoms with van der Waals surface area (Å²) in [5.41, 5.74) is 0.877. The van der Waals surface area contributed by atoms with E-state index in [1.165, 1.54) is 0 Å². The molecule has 4 nitrogen and oxygen atoms in total. The van der Waals surface area contributed by atoms with E-state index in [-0.39, 0.29) is 5.91 Å². The summed E-state index contributed by atoms with van der Waals surface area (Å²) < 4.78 is 1.13. The lowest BCUT2D eigenvalue weighted by atomic mass is 10.1. The number of amides is 1. The van der Waals surface area contributed by atoms with Crippen LogP contribution in [0.5, 0.6) is 0 Å². The fraction of sp³-hybridized carbons (Fsp3) is 0.562. The minimum atomic E-state index is 0.0761.